The van der Waals surface area contributed by atoms with Gasteiger partial charge in [0.2, 0.25) is 5.91 Å². The molecule has 0 bridgehead atoms. The molecule has 0 radical (unpaired) electrons. The Balaban J connectivity index is 1.63. The molecule has 1 aromatic heterocycles. The van der Waals surface area contributed by atoms with Crippen molar-refractivity contribution >= 4 is 11.7 Å². The number of hydrogen-bond donors (Lipinski definition) is 0. The number of aromatic nitrogens is 2. The predicted octanol–water partition coefficient (Wildman–Crippen LogP) is 2.13. The van der Waals surface area contributed by atoms with Crippen LogP contribution in [0.4, 0.5) is 5.82 Å². The fourth-order valence-electron chi connectivity index (χ4n) is 4.09. The molecule has 0 spiro atoms. The van der Waals surface area contributed by atoms with Crippen molar-refractivity contribution in [3.63, 3.8) is 0 Å². The number of carbonyl (C=O) groups is 1. The molecule has 118 valence electrons. The number of nitrogens with zero attached hydrogens (tertiary/aromatic N) is 4. The molecule has 23 heavy (non-hydrogen) atoms. The third-order valence-corrected chi connectivity index (χ3v) is 5.08. The van der Waals surface area contributed by atoms with Crippen molar-refractivity contribution in [2.24, 2.45) is 11.8 Å². The first-order chi connectivity index (χ1) is 11.2. The molecular weight excluding hydrogens is 288 g/mol. The Kier molecular flexibility index (Phi) is 3.48. The highest BCUT2D eigenvalue weighted by molar-refractivity contribution is 5.74. The molecule has 0 N–H and O–H groups in total. The highest BCUT2D eigenvalue weighted by Crippen LogP contribution is 2.45. The van der Waals surface area contributed by atoms with Gasteiger partial charge in [-0.1, -0.05) is 30.3 Å². The quantitative estimate of drug-likeness (QED) is 0.853. The average molecular weight is 308 g/mol. The zero-order valence-electron chi connectivity index (χ0n) is 13.2. The van der Waals surface area contributed by atoms with E-state index >= 15 is 0 Å². The second-order valence-corrected chi connectivity index (χ2v) is 6.42. The minimum Gasteiger partial charge on any atom is -0.355 e. The van der Waals surface area contributed by atoms with E-state index in [1.165, 1.54) is 5.56 Å². The van der Waals surface area contributed by atoms with Crippen LogP contribution in [0.5, 0.6) is 0 Å². The first-order valence-corrected chi connectivity index (χ1v) is 8.07. The van der Waals surface area contributed by atoms with Crippen LogP contribution in [0.15, 0.2) is 48.9 Å². The molecular formula is C18H20N4O. The van der Waals surface area contributed by atoms with E-state index < -0.39 is 0 Å². The summed E-state index contributed by atoms with van der Waals surface area (Å²) in [5.41, 5.74) is 1.23. The minimum atomic E-state index is 0.166. The molecule has 3 atom stereocenters. The van der Waals surface area contributed by atoms with Crippen LogP contribution in [-0.2, 0) is 4.79 Å². The van der Waals surface area contributed by atoms with E-state index in [-0.39, 0.29) is 11.9 Å². The number of benzene rings is 1. The van der Waals surface area contributed by atoms with Crippen molar-refractivity contribution in [3.8, 4) is 0 Å². The van der Waals surface area contributed by atoms with Gasteiger partial charge in [0.15, 0.2) is 0 Å². The van der Waals surface area contributed by atoms with Crippen LogP contribution in [0.3, 0.4) is 0 Å². The number of likely N-dealkylation sites (tertiary alicyclic amines) is 1. The number of amides is 1. The Morgan fingerprint density at radius 3 is 2.65 bits per heavy atom. The number of carbonyl (C=O) groups excluding carboxylic acids is 1. The van der Waals surface area contributed by atoms with Gasteiger partial charge in [0.1, 0.15) is 5.82 Å². The van der Waals surface area contributed by atoms with Crippen molar-refractivity contribution in [1.29, 1.82) is 0 Å². The summed E-state index contributed by atoms with van der Waals surface area (Å²) in [5, 5.41) is 0. The molecule has 0 aliphatic carbocycles. The van der Waals surface area contributed by atoms with Crippen LogP contribution < -0.4 is 4.90 Å². The van der Waals surface area contributed by atoms with Gasteiger partial charge in [0.25, 0.3) is 0 Å². The van der Waals surface area contributed by atoms with E-state index in [1.807, 2.05) is 17.2 Å². The lowest BCUT2D eigenvalue weighted by Gasteiger charge is -2.29. The third-order valence-electron chi connectivity index (χ3n) is 5.08. The van der Waals surface area contributed by atoms with E-state index in [0.717, 1.165) is 25.5 Å². The number of fused-ring (bicyclic) bond motifs is 1. The molecule has 5 nitrogen and oxygen atoms in total. The predicted molar refractivity (Wildman–Crippen MR) is 87.8 cm³/mol. The van der Waals surface area contributed by atoms with Gasteiger partial charge in [0, 0.05) is 50.8 Å². The molecule has 1 aromatic carbocycles. The van der Waals surface area contributed by atoms with Crippen molar-refractivity contribution < 1.29 is 4.79 Å². The average Bonchev–Trinajstić information content (AvgIpc) is 3.14. The maximum atomic E-state index is 12.1. The van der Waals surface area contributed by atoms with E-state index in [1.54, 1.807) is 19.3 Å². The smallest absolute Gasteiger partial charge is 0.219 e. The molecule has 2 saturated heterocycles. The third kappa shape index (κ3) is 2.46. The Hall–Kier alpha value is -2.43. The topological polar surface area (TPSA) is 49.3 Å². The van der Waals surface area contributed by atoms with E-state index in [2.05, 4.69) is 39.1 Å². The highest BCUT2D eigenvalue weighted by atomic mass is 16.2. The Morgan fingerprint density at radius 1 is 1.13 bits per heavy atom. The maximum absolute atomic E-state index is 12.1. The summed E-state index contributed by atoms with van der Waals surface area (Å²) in [6.07, 6.45) is 5.26. The molecule has 0 unspecified atom stereocenters. The highest BCUT2D eigenvalue weighted by Gasteiger charge is 2.48. The van der Waals surface area contributed by atoms with Crippen molar-refractivity contribution in [1.82, 2.24) is 14.9 Å². The van der Waals surface area contributed by atoms with Crippen molar-refractivity contribution in [2.45, 2.75) is 13.0 Å². The van der Waals surface area contributed by atoms with Gasteiger partial charge in [-0.3, -0.25) is 9.78 Å². The van der Waals surface area contributed by atoms with Gasteiger partial charge in [-0.15, -0.1) is 0 Å². The van der Waals surface area contributed by atoms with Crippen LogP contribution in [0.25, 0.3) is 0 Å². The lowest BCUT2D eigenvalue weighted by molar-refractivity contribution is -0.130. The minimum absolute atomic E-state index is 0.166. The summed E-state index contributed by atoms with van der Waals surface area (Å²) in [5.74, 6) is 2.04. The van der Waals surface area contributed by atoms with Gasteiger partial charge >= 0.3 is 0 Å². The van der Waals surface area contributed by atoms with Gasteiger partial charge < -0.3 is 9.80 Å². The second-order valence-electron chi connectivity index (χ2n) is 6.42. The zero-order valence-corrected chi connectivity index (χ0v) is 13.2. The fraction of sp³-hybridized carbons (Fsp3) is 0.389. The molecule has 3 heterocycles. The lowest BCUT2D eigenvalue weighted by atomic mass is 9.89. The Bertz CT molecular complexity index is 691. The largest absolute Gasteiger partial charge is 0.355 e. The van der Waals surface area contributed by atoms with E-state index in [9.17, 15) is 4.79 Å². The van der Waals surface area contributed by atoms with Crippen LogP contribution in [-0.4, -0.2) is 40.4 Å². The normalized spacial score (nSPS) is 26.4. The molecule has 0 saturated carbocycles. The molecule has 2 fully saturated rings. The van der Waals surface area contributed by atoms with Crippen LogP contribution in [0, 0.1) is 11.8 Å². The summed E-state index contributed by atoms with van der Waals surface area (Å²) in [6, 6.07) is 10.6. The molecule has 4 rings (SSSR count). The first-order valence-electron chi connectivity index (χ1n) is 8.07. The monoisotopic (exact) mass is 308 g/mol. The number of anilines is 1. The summed E-state index contributed by atoms with van der Waals surface area (Å²) in [4.78, 5) is 25.0. The van der Waals surface area contributed by atoms with Crippen LogP contribution in [0.1, 0.15) is 18.5 Å². The van der Waals surface area contributed by atoms with Crippen LogP contribution >= 0.6 is 0 Å². The number of rotatable bonds is 2. The van der Waals surface area contributed by atoms with E-state index in [4.69, 9.17) is 0 Å². The van der Waals surface area contributed by atoms with Crippen molar-refractivity contribution in [2.75, 3.05) is 24.5 Å². The summed E-state index contributed by atoms with van der Waals surface area (Å²) in [7, 11) is 0. The van der Waals surface area contributed by atoms with Gasteiger partial charge in [-0.05, 0) is 5.56 Å². The summed E-state index contributed by atoms with van der Waals surface area (Å²) >= 11 is 0. The fourth-order valence-corrected chi connectivity index (χ4v) is 4.09. The van der Waals surface area contributed by atoms with Gasteiger partial charge in [-0.2, -0.15) is 0 Å². The second kappa shape index (κ2) is 5.65. The summed E-state index contributed by atoms with van der Waals surface area (Å²) in [6.45, 7) is 4.37. The lowest BCUT2D eigenvalue weighted by Crippen LogP contribution is -2.34. The van der Waals surface area contributed by atoms with E-state index in [0.29, 0.717) is 11.8 Å². The van der Waals surface area contributed by atoms with Crippen molar-refractivity contribution in [3.05, 3.63) is 54.5 Å². The van der Waals surface area contributed by atoms with Gasteiger partial charge in [-0.25, -0.2) is 4.98 Å². The van der Waals surface area contributed by atoms with Gasteiger partial charge in [0.05, 0.1) is 12.2 Å². The SMILES string of the molecule is CC(=O)N1C[C@H]2CN(c3cnccn3)C[C@H]2[C@H]1c1ccccc1. The molecule has 1 amide bonds. The maximum Gasteiger partial charge on any atom is 0.219 e. The number of hydrogen-bond acceptors (Lipinski definition) is 4. The van der Waals surface area contributed by atoms with Crippen LogP contribution in [0.2, 0.25) is 0 Å². The molecule has 2 aliphatic rings. The Morgan fingerprint density at radius 2 is 1.96 bits per heavy atom. The first kappa shape index (κ1) is 14.2. The Labute approximate surface area is 136 Å². The molecule has 2 aliphatic heterocycles. The zero-order chi connectivity index (χ0) is 15.8. The molecule has 5 heteroatoms. The summed E-state index contributed by atoms with van der Waals surface area (Å²) < 4.78 is 0. The molecule has 2 aromatic rings. The standard InChI is InChI=1S/C18H20N4O/c1-13(23)22-11-15-10-21(17-9-19-7-8-20-17)12-16(15)18(22)14-5-3-2-4-6-14/h2-9,15-16,18H,10-12H2,1H3/t15-,16-,18-/m1/s1.